The summed E-state index contributed by atoms with van der Waals surface area (Å²) in [5.41, 5.74) is 3.63. The van der Waals surface area contributed by atoms with E-state index in [1.807, 2.05) is 31.2 Å². The number of hydrazone groups is 1. The van der Waals surface area contributed by atoms with Crippen LogP contribution in [-0.2, 0) is 9.59 Å². The Hall–Kier alpha value is -2.43. The number of hydrogen-bond donors (Lipinski definition) is 1. The molecule has 2 amide bonds. The number of nitrogens with one attached hydrogen (secondary N) is 1. The van der Waals surface area contributed by atoms with Crippen molar-refractivity contribution in [3.05, 3.63) is 41.5 Å². The molecule has 1 aromatic carbocycles. The number of amides is 2. The molecule has 0 bridgehead atoms. The Balaban J connectivity index is 1.62. The van der Waals surface area contributed by atoms with E-state index in [2.05, 4.69) is 16.5 Å². The standard InChI is InChI=1S/C20H25N3O2/c1-15-6-5-9-17(14-15)23-19(24)11-10-18(22-23)20(25)21-13-12-16-7-3-2-4-8-16/h5-7,9,14H,2-4,8,10-13H2,1H3,(H,21,25). The first-order valence-electron chi connectivity index (χ1n) is 9.07. The van der Waals surface area contributed by atoms with E-state index in [0.717, 1.165) is 24.8 Å². The summed E-state index contributed by atoms with van der Waals surface area (Å²) in [5.74, 6) is -0.240. The van der Waals surface area contributed by atoms with E-state index in [9.17, 15) is 9.59 Å². The molecule has 0 radical (unpaired) electrons. The molecule has 0 saturated carbocycles. The zero-order chi connectivity index (χ0) is 17.6. The minimum absolute atomic E-state index is 0.0745. The van der Waals surface area contributed by atoms with Crippen LogP contribution in [0, 0.1) is 6.92 Å². The first kappa shape index (κ1) is 17.4. The average Bonchev–Trinajstić information content (AvgIpc) is 2.63. The number of anilines is 1. The molecule has 0 unspecified atom stereocenters. The van der Waals surface area contributed by atoms with Crippen molar-refractivity contribution in [3.8, 4) is 0 Å². The lowest BCUT2D eigenvalue weighted by Crippen LogP contribution is -2.39. The normalized spacial score (nSPS) is 17.8. The summed E-state index contributed by atoms with van der Waals surface area (Å²) in [4.78, 5) is 24.6. The lowest BCUT2D eigenvalue weighted by atomic mass is 9.97. The van der Waals surface area contributed by atoms with Crippen molar-refractivity contribution >= 4 is 23.2 Å². The molecule has 2 aliphatic rings. The van der Waals surface area contributed by atoms with Gasteiger partial charge in [-0.1, -0.05) is 23.8 Å². The number of benzene rings is 1. The second-order valence-electron chi connectivity index (χ2n) is 6.71. The minimum atomic E-state index is -0.165. The molecule has 3 rings (SSSR count). The maximum atomic E-state index is 12.4. The van der Waals surface area contributed by atoms with Crippen LogP contribution in [0.2, 0.25) is 0 Å². The molecule has 25 heavy (non-hydrogen) atoms. The van der Waals surface area contributed by atoms with Crippen LogP contribution in [0.15, 0.2) is 41.0 Å². The van der Waals surface area contributed by atoms with Gasteiger partial charge >= 0.3 is 0 Å². The summed E-state index contributed by atoms with van der Waals surface area (Å²) >= 11 is 0. The molecule has 1 aromatic rings. The summed E-state index contributed by atoms with van der Waals surface area (Å²) in [7, 11) is 0. The van der Waals surface area contributed by atoms with Gasteiger partial charge in [0.05, 0.1) is 5.69 Å². The van der Waals surface area contributed by atoms with Gasteiger partial charge in [0.2, 0.25) is 5.91 Å². The van der Waals surface area contributed by atoms with Gasteiger partial charge in [-0.25, -0.2) is 5.01 Å². The van der Waals surface area contributed by atoms with Crippen LogP contribution in [0.25, 0.3) is 0 Å². The van der Waals surface area contributed by atoms with Crippen molar-refractivity contribution in [1.29, 1.82) is 0 Å². The molecule has 0 atom stereocenters. The van der Waals surface area contributed by atoms with Crippen LogP contribution < -0.4 is 10.3 Å². The third kappa shape index (κ3) is 4.56. The van der Waals surface area contributed by atoms with E-state index in [1.54, 1.807) is 0 Å². The summed E-state index contributed by atoms with van der Waals surface area (Å²) < 4.78 is 0. The van der Waals surface area contributed by atoms with Crippen molar-refractivity contribution in [2.45, 2.75) is 51.9 Å². The lowest BCUT2D eigenvalue weighted by Gasteiger charge is -2.23. The van der Waals surface area contributed by atoms with Crippen LogP contribution in [0.4, 0.5) is 5.69 Å². The molecular weight excluding hydrogens is 314 g/mol. The van der Waals surface area contributed by atoms with Gasteiger partial charge in [-0.2, -0.15) is 5.10 Å². The molecule has 0 saturated heterocycles. The topological polar surface area (TPSA) is 61.8 Å². The third-order valence-corrected chi connectivity index (χ3v) is 4.66. The summed E-state index contributed by atoms with van der Waals surface area (Å²) in [5, 5.41) is 8.62. The fourth-order valence-corrected chi connectivity index (χ4v) is 3.25. The van der Waals surface area contributed by atoms with Gasteiger partial charge in [0.25, 0.3) is 5.91 Å². The lowest BCUT2D eigenvalue weighted by molar-refractivity contribution is -0.118. The number of carbonyl (C=O) groups is 2. The SMILES string of the molecule is Cc1cccc(N2N=C(C(=O)NCCC3=CCCCC3)CCC2=O)c1. The second-order valence-corrected chi connectivity index (χ2v) is 6.71. The van der Waals surface area contributed by atoms with E-state index in [-0.39, 0.29) is 11.8 Å². The highest BCUT2D eigenvalue weighted by Crippen LogP contribution is 2.22. The zero-order valence-electron chi connectivity index (χ0n) is 14.8. The fraction of sp³-hybridized carbons (Fsp3) is 0.450. The molecule has 0 fully saturated rings. The van der Waals surface area contributed by atoms with E-state index < -0.39 is 0 Å². The summed E-state index contributed by atoms with van der Waals surface area (Å²) in [6, 6.07) is 7.59. The van der Waals surface area contributed by atoms with Crippen molar-refractivity contribution in [3.63, 3.8) is 0 Å². The minimum Gasteiger partial charge on any atom is -0.351 e. The number of carbonyl (C=O) groups excluding carboxylic acids is 2. The van der Waals surface area contributed by atoms with Crippen molar-refractivity contribution in [2.24, 2.45) is 5.10 Å². The maximum Gasteiger partial charge on any atom is 0.267 e. The van der Waals surface area contributed by atoms with E-state index >= 15 is 0 Å². The first-order chi connectivity index (χ1) is 12.1. The van der Waals surface area contributed by atoms with Crippen LogP contribution >= 0.6 is 0 Å². The Morgan fingerprint density at radius 3 is 2.88 bits per heavy atom. The molecular formula is C20H25N3O2. The first-order valence-corrected chi connectivity index (χ1v) is 9.07. The molecule has 0 spiro atoms. The monoisotopic (exact) mass is 339 g/mol. The van der Waals surface area contributed by atoms with Crippen molar-refractivity contribution < 1.29 is 9.59 Å². The van der Waals surface area contributed by atoms with Crippen LogP contribution in [0.5, 0.6) is 0 Å². The third-order valence-electron chi connectivity index (χ3n) is 4.66. The number of nitrogens with zero attached hydrogens (tertiary/aromatic N) is 2. The molecule has 5 heteroatoms. The Morgan fingerprint density at radius 2 is 2.12 bits per heavy atom. The Kier molecular flexibility index (Phi) is 5.64. The maximum absolute atomic E-state index is 12.4. The van der Waals surface area contributed by atoms with E-state index in [4.69, 9.17) is 0 Å². The molecule has 1 aliphatic carbocycles. The van der Waals surface area contributed by atoms with Crippen LogP contribution in [-0.4, -0.2) is 24.1 Å². The molecule has 0 aromatic heterocycles. The van der Waals surface area contributed by atoms with E-state index in [1.165, 1.54) is 23.4 Å². The van der Waals surface area contributed by atoms with Crippen molar-refractivity contribution in [2.75, 3.05) is 11.6 Å². The highest BCUT2D eigenvalue weighted by atomic mass is 16.2. The van der Waals surface area contributed by atoms with Gasteiger partial charge in [-0.3, -0.25) is 9.59 Å². The predicted octanol–water partition coefficient (Wildman–Crippen LogP) is 3.48. The van der Waals surface area contributed by atoms with Gasteiger partial charge in [0.15, 0.2) is 0 Å². The van der Waals surface area contributed by atoms with Crippen molar-refractivity contribution in [1.82, 2.24) is 5.32 Å². The molecule has 132 valence electrons. The smallest absolute Gasteiger partial charge is 0.267 e. The molecule has 1 N–H and O–H groups in total. The fourth-order valence-electron chi connectivity index (χ4n) is 3.25. The number of aryl methyl sites for hydroxylation is 1. The predicted molar refractivity (Wildman–Crippen MR) is 99.5 cm³/mol. The van der Waals surface area contributed by atoms with Gasteiger partial charge in [-0.15, -0.1) is 0 Å². The number of allylic oxidation sites excluding steroid dienone is 1. The number of rotatable bonds is 5. The highest BCUT2D eigenvalue weighted by Gasteiger charge is 2.25. The van der Waals surface area contributed by atoms with Crippen LogP contribution in [0.3, 0.4) is 0 Å². The van der Waals surface area contributed by atoms with Gasteiger partial charge < -0.3 is 5.32 Å². The van der Waals surface area contributed by atoms with Crippen LogP contribution in [0.1, 0.15) is 50.5 Å². The second kappa shape index (κ2) is 8.10. The van der Waals surface area contributed by atoms with Gasteiger partial charge in [0, 0.05) is 19.4 Å². The van der Waals surface area contributed by atoms with Gasteiger partial charge in [-0.05, 0) is 56.7 Å². The van der Waals surface area contributed by atoms with Gasteiger partial charge in [0.1, 0.15) is 5.71 Å². The summed E-state index contributed by atoms with van der Waals surface area (Å²) in [6.07, 6.45) is 8.73. The zero-order valence-corrected chi connectivity index (χ0v) is 14.8. The largest absolute Gasteiger partial charge is 0.351 e. The molecule has 1 heterocycles. The Morgan fingerprint density at radius 1 is 1.24 bits per heavy atom. The Labute approximate surface area is 148 Å². The average molecular weight is 339 g/mol. The molecule has 1 aliphatic heterocycles. The van der Waals surface area contributed by atoms with E-state index in [0.29, 0.717) is 30.8 Å². The quantitative estimate of drug-likeness (QED) is 0.835. The Bertz CT molecular complexity index is 721. The number of hydrogen-bond acceptors (Lipinski definition) is 3. The highest BCUT2D eigenvalue weighted by molar-refractivity contribution is 6.40. The molecule has 5 nitrogen and oxygen atoms in total. The summed E-state index contributed by atoms with van der Waals surface area (Å²) in [6.45, 7) is 2.59.